The highest BCUT2D eigenvalue weighted by atomic mass is 19.4. The van der Waals surface area contributed by atoms with Crippen molar-refractivity contribution in [1.29, 1.82) is 0 Å². The molecular weight excluding hydrogens is 431 g/mol. The van der Waals surface area contributed by atoms with Gasteiger partial charge in [-0.2, -0.15) is 13.2 Å². The fourth-order valence-corrected chi connectivity index (χ4v) is 3.21. The average Bonchev–Trinajstić information content (AvgIpc) is 3.10. The van der Waals surface area contributed by atoms with Gasteiger partial charge in [0.25, 0.3) is 17.2 Å². The number of nitrogens with zero attached hydrogens (tertiary/aromatic N) is 2. The summed E-state index contributed by atoms with van der Waals surface area (Å²) >= 11 is 0. The van der Waals surface area contributed by atoms with Crippen LogP contribution in [0.4, 0.5) is 18.9 Å². The van der Waals surface area contributed by atoms with E-state index >= 15 is 0 Å². The second-order valence-corrected chi connectivity index (χ2v) is 6.94. The van der Waals surface area contributed by atoms with Crippen molar-refractivity contribution >= 4 is 22.7 Å². The molecule has 0 radical (unpaired) electrons. The van der Waals surface area contributed by atoms with Crippen molar-refractivity contribution in [2.75, 3.05) is 5.32 Å². The lowest BCUT2D eigenvalue weighted by Crippen LogP contribution is -2.28. The zero-order valence-corrected chi connectivity index (χ0v) is 16.5. The van der Waals surface area contributed by atoms with E-state index in [-0.39, 0.29) is 39.3 Å². The van der Waals surface area contributed by atoms with E-state index in [1.165, 1.54) is 25.1 Å². The summed E-state index contributed by atoms with van der Waals surface area (Å²) in [4.78, 5) is 45.1. The molecule has 3 heterocycles. The molecule has 1 amide bonds. The minimum Gasteiger partial charge on any atom is -0.335 e. The lowest BCUT2D eigenvalue weighted by Gasteiger charge is -2.11. The predicted octanol–water partition coefficient (Wildman–Crippen LogP) is 3.15. The number of alkyl halides is 3. The minimum atomic E-state index is -4.56. The molecule has 0 saturated heterocycles. The molecule has 12 heteroatoms. The first kappa shape index (κ1) is 21.0. The topological polar surface area (TPSA) is 134 Å². The molecule has 1 aromatic carbocycles. The summed E-state index contributed by atoms with van der Waals surface area (Å²) < 4.78 is 44.5. The van der Waals surface area contributed by atoms with Crippen molar-refractivity contribution in [2.24, 2.45) is 0 Å². The molecule has 0 atom stereocenters. The average molecular weight is 445 g/mol. The predicted molar refractivity (Wildman–Crippen MR) is 107 cm³/mol. The highest BCUT2D eigenvalue weighted by Gasteiger charge is 2.31. The van der Waals surface area contributed by atoms with Gasteiger partial charge in [-0.15, -0.1) is 0 Å². The van der Waals surface area contributed by atoms with Crippen LogP contribution in [0.3, 0.4) is 0 Å². The van der Waals surface area contributed by atoms with Crippen molar-refractivity contribution < 1.29 is 22.5 Å². The van der Waals surface area contributed by atoms with Crippen LogP contribution in [0.15, 0.2) is 44.4 Å². The molecule has 0 aliphatic carbocycles. The Morgan fingerprint density at radius 1 is 1.12 bits per heavy atom. The maximum absolute atomic E-state index is 13.1. The standard InChI is InChI=1S/C20H14F3N5O4/c1-8-14-12(16(29)26-15-9(2)24-19(31)27-17(15)30)7-13(25-18(14)32-28-8)10-4-3-5-11(6-10)20(21,22)23/h3-7H,1-2H3,(H,26,29)(H2,24,27,30,31). The number of benzene rings is 1. The summed E-state index contributed by atoms with van der Waals surface area (Å²) in [5, 5.41) is 6.42. The number of halogens is 3. The van der Waals surface area contributed by atoms with E-state index in [4.69, 9.17) is 4.52 Å². The molecule has 0 bridgehead atoms. The van der Waals surface area contributed by atoms with Crippen molar-refractivity contribution in [1.82, 2.24) is 20.1 Å². The van der Waals surface area contributed by atoms with Crippen molar-refractivity contribution in [3.05, 3.63) is 73.7 Å². The lowest BCUT2D eigenvalue weighted by atomic mass is 10.0. The Hall–Kier alpha value is -4.22. The Morgan fingerprint density at radius 3 is 2.56 bits per heavy atom. The van der Waals surface area contributed by atoms with Gasteiger partial charge in [-0.25, -0.2) is 9.78 Å². The van der Waals surface area contributed by atoms with E-state index in [1.54, 1.807) is 6.92 Å². The number of fused-ring (bicyclic) bond motifs is 1. The number of hydrogen-bond acceptors (Lipinski definition) is 6. The lowest BCUT2D eigenvalue weighted by molar-refractivity contribution is -0.137. The van der Waals surface area contributed by atoms with Gasteiger partial charge in [-0.05, 0) is 32.0 Å². The van der Waals surface area contributed by atoms with Gasteiger partial charge in [0.05, 0.1) is 27.9 Å². The summed E-state index contributed by atoms with van der Waals surface area (Å²) in [5.74, 6) is -0.766. The molecule has 0 fully saturated rings. The summed E-state index contributed by atoms with van der Waals surface area (Å²) in [7, 11) is 0. The Bertz CT molecular complexity index is 1480. The third-order valence-corrected chi connectivity index (χ3v) is 4.72. The van der Waals surface area contributed by atoms with Gasteiger partial charge in [0.2, 0.25) is 0 Å². The largest absolute Gasteiger partial charge is 0.416 e. The number of pyridine rings is 1. The Balaban J connectivity index is 1.85. The fraction of sp³-hybridized carbons (Fsp3) is 0.150. The van der Waals surface area contributed by atoms with E-state index in [0.717, 1.165) is 12.1 Å². The van der Waals surface area contributed by atoms with Gasteiger partial charge in [0.1, 0.15) is 5.69 Å². The van der Waals surface area contributed by atoms with E-state index in [0.29, 0.717) is 5.69 Å². The summed E-state index contributed by atoms with van der Waals surface area (Å²) in [6.07, 6.45) is -4.56. The molecule has 4 rings (SSSR count). The Kier molecular flexibility index (Phi) is 4.92. The van der Waals surface area contributed by atoms with Gasteiger partial charge in [0.15, 0.2) is 0 Å². The normalized spacial score (nSPS) is 11.7. The molecule has 0 aliphatic heterocycles. The van der Waals surface area contributed by atoms with Gasteiger partial charge >= 0.3 is 11.9 Å². The molecule has 164 valence electrons. The quantitative estimate of drug-likeness (QED) is 0.444. The molecular formula is C20H14F3N5O4. The monoisotopic (exact) mass is 445 g/mol. The van der Waals surface area contributed by atoms with E-state index in [9.17, 15) is 27.6 Å². The number of aromatic nitrogens is 4. The summed E-state index contributed by atoms with van der Waals surface area (Å²) in [5.41, 5.74) is -2.12. The molecule has 4 aromatic rings. The van der Waals surface area contributed by atoms with Crippen molar-refractivity contribution in [3.63, 3.8) is 0 Å². The molecule has 32 heavy (non-hydrogen) atoms. The second kappa shape index (κ2) is 7.48. The highest BCUT2D eigenvalue weighted by molar-refractivity contribution is 6.13. The molecule has 0 spiro atoms. The van der Waals surface area contributed by atoms with Crippen LogP contribution in [0.2, 0.25) is 0 Å². The smallest absolute Gasteiger partial charge is 0.335 e. The van der Waals surface area contributed by atoms with Crippen LogP contribution in [0, 0.1) is 13.8 Å². The van der Waals surface area contributed by atoms with Crippen LogP contribution in [0.5, 0.6) is 0 Å². The highest BCUT2D eigenvalue weighted by Crippen LogP contribution is 2.33. The summed E-state index contributed by atoms with van der Waals surface area (Å²) in [6, 6.07) is 5.73. The number of amides is 1. The van der Waals surface area contributed by atoms with Crippen LogP contribution >= 0.6 is 0 Å². The fourth-order valence-electron chi connectivity index (χ4n) is 3.21. The third-order valence-electron chi connectivity index (χ3n) is 4.72. The maximum atomic E-state index is 13.1. The first-order chi connectivity index (χ1) is 15.0. The van der Waals surface area contributed by atoms with Gasteiger partial charge < -0.3 is 14.8 Å². The van der Waals surface area contributed by atoms with Crippen LogP contribution in [-0.2, 0) is 6.18 Å². The summed E-state index contributed by atoms with van der Waals surface area (Å²) in [6.45, 7) is 2.99. The van der Waals surface area contributed by atoms with E-state index < -0.39 is 28.9 Å². The first-order valence-electron chi connectivity index (χ1n) is 9.14. The number of hydrogen-bond donors (Lipinski definition) is 3. The Labute approximate surface area is 176 Å². The number of aryl methyl sites for hydroxylation is 2. The molecule has 3 aromatic heterocycles. The first-order valence-corrected chi connectivity index (χ1v) is 9.14. The van der Waals surface area contributed by atoms with Gasteiger partial charge in [0, 0.05) is 11.3 Å². The number of nitrogens with one attached hydrogen (secondary N) is 3. The number of rotatable bonds is 3. The molecule has 0 aliphatic rings. The second-order valence-electron chi connectivity index (χ2n) is 6.94. The third kappa shape index (κ3) is 3.77. The van der Waals surface area contributed by atoms with Crippen LogP contribution in [-0.4, -0.2) is 26.0 Å². The maximum Gasteiger partial charge on any atom is 0.416 e. The van der Waals surface area contributed by atoms with Gasteiger partial charge in [-0.3, -0.25) is 14.6 Å². The SMILES string of the molecule is Cc1[nH]c(=O)[nH]c(=O)c1NC(=O)c1cc(-c2cccc(C(F)(F)F)c2)nc2onc(C)c12. The minimum absolute atomic E-state index is 0.0221. The number of carbonyl (C=O) groups is 1. The zero-order chi connectivity index (χ0) is 23.2. The molecule has 3 N–H and O–H groups in total. The van der Waals surface area contributed by atoms with Crippen LogP contribution < -0.4 is 16.6 Å². The molecule has 0 saturated carbocycles. The number of anilines is 1. The zero-order valence-electron chi connectivity index (χ0n) is 16.5. The number of carbonyl (C=O) groups excluding carboxylic acids is 1. The number of aromatic amines is 2. The van der Waals surface area contributed by atoms with Crippen molar-refractivity contribution in [3.8, 4) is 11.3 Å². The van der Waals surface area contributed by atoms with Crippen LogP contribution in [0.25, 0.3) is 22.4 Å². The van der Waals surface area contributed by atoms with E-state index in [1.807, 2.05) is 4.98 Å². The van der Waals surface area contributed by atoms with Crippen molar-refractivity contribution in [2.45, 2.75) is 20.0 Å². The molecule has 9 nitrogen and oxygen atoms in total. The van der Waals surface area contributed by atoms with Gasteiger partial charge in [-0.1, -0.05) is 17.3 Å². The molecule has 0 unspecified atom stereocenters. The van der Waals surface area contributed by atoms with E-state index in [2.05, 4.69) is 20.4 Å². The number of H-pyrrole nitrogens is 2. The van der Waals surface area contributed by atoms with Crippen LogP contribution in [0.1, 0.15) is 27.3 Å². The Morgan fingerprint density at radius 2 is 1.88 bits per heavy atom.